The summed E-state index contributed by atoms with van der Waals surface area (Å²) >= 11 is 0. The van der Waals surface area contributed by atoms with E-state index in [4.69, 9.17) is 5.73 Å². The molecule has 1 aliphatic heterocycles. The molecule has 0 radical (unpaired) electrons. The molecule has 1 aromatic heterocycles. The van der Waals surface area contributed by atoms with Crippen LogP contribution in [0.25, 0.3) is 10.8 Å². The summed E-state index contributed by atoms with van der Waals surface area (Å²) < 4.78 is 0. The summed E-state index contributed by atoms with van der Waals surface area (Å²) in [5, 5.41) is 2.48. The van der Waals surface area contributed by atoms with Gasteiger partial charge in [0.05, 0.1) is 6.04 Å². The molecule has 1 aliphatic rings. The topological polar surface area (TPSA) is 42.1 Å². The number of benzene rings is 1. The number of hydrogen-bond acceptors (Lipinski definition) is 3. The second-order valence-corrected chi connectivity index (χ2v) is 5.53. The number of fused-ring (bicyclic) bond motifs is 1. The zero-order valence-corrected chi connectivity index (χ0v) is 11.4. The van der Waals surface area contributed by atoms with Crippen LogP contribution in [0.4, 0.5) is 0 Å². The van der Waals surface area contributed by atoms with Gasteiger partial charge in [0.25, 0.3) is 0 Å². The molecule has 100 valence electrons. The third kappa shape index (κ3) is 2.36. The zero-order chi connectivity index (χ0) is 13.2. The fourth-order valence-corrected chi connectivity index (χ4v) is 3.21. The van der Waals surface area contributed by atoms with Gasteiger partial charge in [0.1, 0.15) is 0 Å². The quantitative estimate of drug-likeness (QED) is 0.852. The van der Waals surface area contributed by atoms with E-state index in [0.29, 0.717) is 0 Å². The van der Waals surface area contributed by atoms with Gasteiger partial charge in [-0.1, -0.05) is 30.7 Å². The molecule has 2 heterocycles. The molecule has 2 aromatic rings. The van der Waals surface area contributed by atoms with Crippen LogP contribution in [0.1, 0.15) is 30.9 Å². The highest BCUT2D eigenvalue weighted by Crippen LogP contribution is 2.32. The van der Waals surface area contributed by atoms with Gasteiger partial charge in [-0.3, -0.25) is 9.88 Å². The van der Waals surface area contributed by atoms with Gasteiger partial charge in [-0.25, -0.2) is 0 Å². The lowest BCUT2D eigenvalue weighted by Gasteiger charge is -2.31. The van der Waals surface area contributed by atoms with Gasteiger partial charge in [0.2, 0.25) is 0 Å². The first-order valence-corrected chi connectivity index (χ1v) is 7.06. The molecule has 2 N–H and O–H groups in total. The van der Waals surface area contributed by atoms with Gasteiger partial charge in [0.15, 0.2) is 0 Å². The van der Waals surface area contributed by atoms with Crippen LogP contribution in [0.5, 0.6) is 0 Å². The van der Waals surface area contributed by atoms with E-state index in [1.165, 1.54) is 29.2 Å². The van der Waals surface area contributed by atoms with Crippen molar-refractivity contribution in [2.45, 2.75) is 31.3 Å². The highest BCUT2D eigenvalue weighted by molar-refractivity contribution is 5.85. The van der Waals surface area contributed by atoms with Crippen LogP contribution >= 0.6 is 0 Å². The summed E-state index contributed by atoms with van der Waals surface area (Å²) in [4.78, 5) is 6.80. The lowest BCUT2D eigenvalue weighted by Crippen LogP contribution is -2.37. The van der Waals surface area contributed by atoms with E-state index in [0.717, 1.165) is 13.0 Å². The highest BCUT2D eigenvalue weighted by Gasteiger charge is 2.27. The molecule has 1 fully saturated rings. The minimum atomic E-state index is 0.195. The molecule has 0 saturated carbocycles. The maximum absolute atomic E-state index is 6.42. The maximum Gasteiger partial charge on any atom is 0.0517 e. The van der Waals surface area contributed by atoms with Crippen molar-refractivity contribution in [1.29, 1.82) is 0 Å². The summed E-state index contributed by atoms with van der Waals surface area (Å²) in [5.41, 5.74) is 7.70. The fraction of sp³-hybridized carbons (Fsp3) is 0.438. The Morgan fingerprint density at radius 3 is 2.95 bits per heavy atom. The summed E-state index contributed by atoms with van der Waals surface area (Å²) in [5.74, 6) is 0. The Morgan fingerprint density at radius 1 is 1.21 bits per heavy atom. The normalized spacial score (nSPS) is 25.4. The van der Waals surface area contributed by atoms with Crippen molar-refractivity contribution >= 4 is 10.8 Å². The first kappa shape index (κ1) is 12.6. The van der Waals surface area contributed by atoms with E-state index in [2.05, 4.69) is 41.2 Å². The second-order valence-electron chi connectivity index (χ2n) is 5.53. The number of aromatic nitrogens is 1. The molecular weight excluding hydrogens is 234 g/mol. The van der Waals surface area contributed by atoms with Crippen LogP contribution in [0, 0.1) is 0 Å². The molecule has 3 nitrogen and oxygen atoms in total. The summed E-state index contributed by atoms with van der Waals surface area (Å²) in [7, 11) is 2.18. The maximum atomic E-state index is 6.42. The van der Waals surface area contributed by atoms with Crippen LogP contribution in [0.2, 0.25) is 0 Å². The predicted octanol–water partition coefficient (Wildman–Crippen LogP) is 2.72. The first-order valence-electron chi connectivity index (χ1n) is 7.06. The van der Waals surface area contributed by atoms with Crippen molar-refractivity contribution in [2.24, 2.45) is 5.73 Å². The molecular formula is C16H21N3. The average Bonchev–Trinajstić information content (AvgIpc) is 2.60. The Balaban J connectivity index is 2.11. The smallest absolute Gasteiger partial charge is 0.0517 e. The van der Waals surface area contributed by atoms with Crippen LogP contribution in [0.3, 0.4) is 0 Å². The summed E-state index contributed by atoms with van der Waals surface area (Å²) in [6.07, 6.45) is 7.48. The molecule has 1 saturated heterocycles. The molecule has 0 aliphatic carbocycles. The highest BCUT2D eigenvalue weighted by atomic mass is 15.1. The molecule has 0 amide bonds. The van der Waals surface area contributed by atoms with Gasteiger partial charge < -0.3 is 5.73 Å². The Morgan fingerprint density at radius 2 is 2.05 bits per heavy atom. The van der Waals surface area contributed by atoms with E-state index < -0.39 is 0 Å². The van der Waals surface area contributed by atoms with Crippen LogP contribution in [0.15, 0.2) is 36.7 Å². The zero-order valence-electron chi connectivity index (χ0n) is 11.4. The lowest BCUT2D eigenvalue weighted by atomic mass is 9.94. The lowest BCUT2D eigenvalue weighted by molar-refractivity contribution is 0.231. The van der Waals surface area contributed by atoms with Crippen molar-refractivity contribution < 1.29 is 0 Å². The third-order valence-electron chi connectivity index (χ3n) is 4.20. The van der Waals surface area contributed by atoms with Gasteiger partial charge >= 0.3 is 0 Å². The van der Waals surface area contributed by atoms with Gasteiger partial charge in [-0.05, 0) is 37.4 Å². The van der Waals surface area contributed by atoms with E-state index in [1.807, 2.05) is 12.4 Å². The van der Waals surface area contributed by atoms with Gasteiger partial charge in [-0.15, -0.1) is 0 Å². The Hall–Kier alpha value is -1.45. The SMILES string of the molecule is CN1CCCCC(N)C1c1cncc2ccccc12. The standard InChI is InChI=1S/C16H21N3/c1-19-9-5-4-8-15(17)16(19)14-11-18-10-12-6-2-3-7-13(12)14/h2-3,6-7,10-11,15-16H,4-5,8-9,17H2,1H3. The minimum absolute atomic E-state index is 0.195. The van der Waals surface area contributed by atoms with Crippen LogP contribution < -0.4 is 5.73 Å². The van der Waals surface area contributed by atoms with Crippen molar-refractivity contribution in [2.75, 3.05) is 13.6 Å². The fourth-order valence-electron chi connectivity index (χ4n) is 3.21. The predicted molar refractivity (Wildman–Crippen MR) is 78.9 cm³/mol. The molecule has 0 bridgehead atoms. The number of rotatable bonds is 1. The first-order chi connectivity index (χ1) is 9.27. The summed E-state index contributed by atoms with van der Waals surface area (Å²) in [6, 6.07) is 8.92. The van der Waals surface area contributed by atoms with Crippen molar-refractivity contribution in [1.82, 2.24) is 9.88 Å². The molecule has 2 atom stereocenters. The summed E-state index contributed by atoms with van der Waals surface area (Å²) in [6.45, 7) is 1.11. The average molecular weight is 255 g/mol. The van der Waals surface area contributed by atoms with E-state index in [-0.39, 0.29) is 12.1 Å². The molecule has 2 unspecified atom stereocenters. The van der Waals surface area contributed by atoms with Gasteiger partial charge in [-0.2, -0.15) is 0 Å². The molecule has 0 spiro atoms. The molecule has 1 aromatic carbocycles. The monoisotopic (exact) mass is 255 g/mol. The third-order valence-corrected chi connectivity index (χ3v) is 4.20. The Labute approximate surface area is 114 Å². The van der Waals surface area contributed by atoms with E-state index >= 15 is 0 Å². The largest absolute Gasteiger partial charge is 0.326 e. The molecule has 3 heteroatoms. The van der Waals surface area contributed by atoms with Crippen molar-refractivity contribution in [3.8, 4) is 0 Å². The minimum Gasteiger partial charge on any atom is -0.326 e. The number of nitrogens with zero attached hydrogens (tertiary/aromatic N) is 2. The number of likely N-dealkylation sites (N-methyl/N-ethyl adjacent to an activating group) is 1. The Kier molecular flexibility index (Phi) is 3.49. The second kappa shape index (κ2) is 5.27. The van der Waals surface area contributed by atoms with Crippen LogP contribution in [-0.4, -0.2) is 29.5 Å². The van der Waals surface area contributed by atoms with E-state index in [1.54, 1.807) is 0 Å². The number of likely N-dealkylation sites (tertiary alicyclic amines) is 1. The number of pyridine rings is 1. The number of hydrogen-bond donors (Lipinski definition) is 1. The Bertz CT molecular complexity index is 549. The van der Waals surface area contributed by atoms with E-state index in [9.17, 15) is 0 Å². The van der Waals surface area contributed by atoms with Crippen molar-refractivity contribution in [3.63, 3.8) is 0 Å². The number of nitrogens with two attached hydrogens (primary N) is 1. The molecule has 3 rings (SSSR count). The van der Waals surface area contributed by atoms with Crippen LogP contribution in [-0.2, 0) is 0 Å². The van der Waals surface area contributed by atoms with Crippen molar-refractivity contribution in [3.05, 3.63) is 42.2 Å². The molecule has 19 heavy (non-hydrogen) atoms. The van der Waals surface area contributed by atoms with Gasteiger partial charge in [0, 0.05) is 23.8 Å².